The molecule has 1 aromatic heterocycles. The lowest BCUT2D eigenvalue weighted by Gasteiger charge is -2.20. The average Bonchev–Trinajstić information content (AvgIpc) is 2.69. The molecule has 11 heteroatoms. The van der Waals surface area contributed by atoms with Crippen LogP contribution < -0.4 is 32.5 Å². The Hall–Kier alpha value is -3.08. The number of aromatic amines is 1. The van der Waals surface area contributed by atoms with Gasteiger partial charge in [-0.1, -0.05) is 29.3 Å². The fraction of sp³-hybridized carbons (Fsp3) is 0.368. The monoisotopic (exact) mass is 480 g/mol. The van der Waals surface area contributed by atoms with Gasteiger partial charge >= 0.3 is 11.7 Å². The van der Waals surface area contributed by atoms with Gasteiger partial charge in [-0.3, -0.25) is 19.1 Å². The van der Waals surface area contributed by atoms with Gasteiger partial charge in [0.2, 0.25) is 5.91 Å². The zero-order valence-corrected chi connectivity index (χ0v) is 18.4. The summed E-state index contributed by atoms with van der Waals surface area (Å²) in [4.78, 5) is 51.9. The molecular weight excluding hydrogens is 456 g/mol. The topological polar surface area (TPSA) is 142 Å². The number of unbranched alkanes of at least 4 members (excludes halogenated alkanes) is 1. The van der Waals surface area contributed by atoms with Crippen LogP contribution in [0.15, 0.2) is 38.3 Å². The highest BCUT2D eigenvalue weighted by Crippen LogP contribution is 2.16. The summed E-state index contributed by atoms with van der Waals surface area (Å²) in [7, 11) is 1.40. The Labute approximate surface area is 181 Å². The minimum absolute atomic E-state index is 0.0544. The van der Waals surface area contributed by atoms with E-state index in [0.717, 1.165) is 15.8 Å². The van der Waals surface area contributed by atoms with Crippen molar-refractivity contribution in [3.05, 3.63) is 49.6 Å². The lowest BCUT2D eigenvalue weighted by Crippen LogP contribution is -2.40. The number of benzene rings is 1. The van der Waals surface area contributed by atoms with Crippen LogP contribution in [0.5, 0.6) is 0 Å². The first-order valence-electron chi connectivity index (χ1n) is 9.44. The molecule has 3 amide bonds. The Balaban J connectivity index is 1.98. The van der Waals surface area contributed by atoms with Crippen molar-refractivity contribution in [1.29, 1.82) is 0 Å². The van der Waals surface area contributed by atoms with E-state index in [0.29, 0.717) is 18.7 Å². The molecular formula is C19H25BrN6O4. The summed E-state index contributed by atoms with van der Waals surface area (Å²) in [6.07, 6.45) is 1.48. The molecule has 0 unspecified atom stereocenters. The molecule has 5 N–H and O–H groups in total. The van der Waals surface area contributed by atoms with E-state index in [-0.39, 0.29) is 24.5 Å². The standard InChI is InChI=1S/C19H25BrN6O4/c1-3-4-11-26-16(21)15(17(28)24-19(26)30)25(2)14(27)9-10-22-18(29)23-13-7-5-12(20)6-8-13/h5-8H,3-4,9-11,21H2,1-2H3,(H2,22,23,29)(H,24,28,30). The average molecular weight is 481 g/mol. The number of hydrogen-bond donors (Lipinski definition) is 4. The van der Waals surface area contributed by atoms with Crippen molar-refractivity contribution in [2.24, 2.45) is 0 Å². The minimum Gasteiger partial charge on any atom is -0.383 e. The van der Waals surface area contributed by atoms with Gasteiger partial charge in [0.1, 0.15) is 5.82 Å². The summed E-state index contributed by atoms with van der Waals surface area (Å²) in [5, 5.41) is 5.23. The third-order valence-corrected chi connectivity index (χ3v) is 4.91. The second kappa shape index (κ2) is 10.6. The number of rotatable bonds is 8. The maximum atomic E-state index is 12.5. The van der Waals surface area contributed by atoms with Crippen LogP contribution in [0.3, 0.4) is 0 Å². The highest BCUT2D eigenvalue weighted by Gasteiger charge is 2.20. The first-order chi connectivity index (χ1) is 14.2. The van der Waals surface area contributed by atoms with Crippen molar-refractivity contribution in [2.45, 2.75) is 32.7 Å². The van der Waals surface area contributed by atoms with Crippen LogP contribution in [0.1, 0.15) is 26.2 Å². The Kier molecular flexibility index (Phi) is 8.22. The number of aromatic nitrogens is 2. The summed E-state index contributed by atoms with van der Waals surface area (Å²) < 4.78 is 2.13. The SMILES string of the molecule is CCCCn1c(N)c(N(C)C(=O)CCNC(=O)Nc2ccc(Br)cc2)c(=O)[nH]c1=O. The Morgan fingerprint density at radius 1 is 1.23 bits per heavy atom. The highest BCUT2D eigenvalue weighted by molar-refractivity contribution is 9.10. The van der Waals surface area contributed by atoms with Crippen LogP contribution in [0.25, 0.3) is 0 Å². The van der Waals surface area contributed by atoms with Crippen LogP contribution in [-0.2, 0) is 11.3 Å². The number of halogens is 1. The van der Waals surface area contributed by atoms with Crippen molar-refractivity contribution in [2.75, 3.05) is 29.5 Å². The van der Waals surface area contributed by atoms with E-state index in [2.05, 4.69) is 31.5 Å². The zero-order valence-electron chi connectivity index (χ0n) is 16.8. The lowest BCUT2D eigenvalue weighted by molar-refractivity contribution is -0.118. The predicted molar refractivity (Wildman–Crippen MR) is 120 cm³/mol. The summed E-state index contributed by atoms with van der Waals surface area (Å²) in [6.45, 7) is 2.35. The molecule has 0 aliphatic heterocycles. The van der Waals surface area contributed by atoms with E-state index in [4.69, 9.17) is 5.73 Å². The van der Waals surface area contributed by atoms with Crippen molar-refractivity contribution >= 4 is 45.1 Å². The van der Waals surface area contributed by atoms with Gasteiger partial charge in [-0.15, -0.1) is 0 Å². The molecule has 0 saturated heterocycles. The third kappa shape index (κ3) is 5.96. The quantitative estimate of drug-likeness (QED) is 0.455. The highest BCUT2D eigenvalue weighted by atomic mass is 79.9. The van der Waals surface area contributed by atoms with Crippen LogP contribution >= 0.6 is 15.9 Å². The van der Waals surface area contributed by atoms with Gasteiger partial charge in [0, 0.05) is 36.7 Å². The maximum Gasteiger partial charge on any atom is 0.330 e. The van der Waals surface area contributed by atoms with Gasteiger partial charge in [-0.25, -0.2) is 9.59 Å². The normalized spacial score (nSPS) is 10.5. The number of urea groups is 1. The largest absolute Gasteiger partial charge is 0.383 e. The second-order valence-corrected chi connectivity index (χ2v) is 7.50. The number of nitrogens with two attached hydrogens (primary N) is 1. The Morgan fingerprint density at radius 3 is 2.53 bits per heavy atom. The molecule has 30 heavy (non-hydrogen) atoms. The molecule has 0 saturated carbocycles. The van der Waals surface area contributed by atoms with Gasteiger partial charge in [-0.2, -0.15) is 0 Å². The van der Waals surface area contributed by atoms with Crippen LogP contribution in [0, 0.1) is 0 Å². The molecule has 162 valence electrons. The summed E-state index contributed by atoms with van der Waals surface area (Å²) in [6, 6.07) is 6.57. The number of nitrogen functional groups attached to an aromatic ring is 1. The smallest absolute Gasteiger partial charge is 0.330 e. The lowest BCUT2D eigenvalue weighted by atomic mass is 10.3. The summed E-state index contributed by atoms with van der Waals surface area (Å²) >= 11 is 3.31. The number of anilines is 3. The molecule has 0 fully saturated rings. The van der Waals surface area contributed by atoms with Gasteiger partial charge in [0.05, 0.1) is 0 Å². The zero-order chi connectivity index (χ0) is 22.3. The number of hydrogen-bond acceptors (Lipinski definition) is 5. The minimum atomic E-state index is -0.734. The van der Waals surface area contributed by atoms with Gasteiger partial charge in [-0.05, 0) is 30.7 Å². The van der Waals surface area contributed by atoms with Gasteiger partial charge in [0.25, 0.3) is 5.56 Å². The van der Waals surface area contributed by atoms with Crippen molar-refractivity contribution in [3.8, 4) is 0 Å². The Bertz CT molecular complexity index is 1020. The molecule has 0 bridgehead atoms. The van der Waals surface area contributed by atoms with E-state index < -0.39 is 23.2 Å². The number of H-pyrrole nitrogens is 1. The molecule has 0 atom stereocenters. The van der Waals surface area contributed by atoms with Gasteiger partial charge in [0.15, 0.2) is 5.69 Å². The summed E-state index contributed by atoms with van der Waals surface area (Å²) in [5.74, 6) is -0.495. The van der Waals surface area contributed by atoms with Crippen LogP contribution in [0.2, 0.25) is 0 Å². The molecule has 0 spiro atoms. The van der Waals surface area contributed by atoms with Gasteiger partial charge < -0.3 is 21.3 Å². The molecule has 2 rings (SSSR count). The number of carbonyl (C=O) groups is 2. The first-order valence-corrected chi connectivity index (χ1v) is 10.2. The number of nitrogens with zero attached hydrogens (tertiary/aromatic N) is 2. The van der Waals surface area contributed by atoms with Crippen molar-refractivity contribution in [1.82, 2.24) is 14.9 Å². The van der Waals surface area contributed by atoms with E-state index in [1.54, 1.807) is 24.3 Å². The molecule has 1 aromatic carbocycles. The number of amides is 3. The van der Waals surface area contributed by atoms with Crippen LogP contribution in [0.4, 0.5) is 22.0 Å². The number of carbonyl (C=O) groups excluding carboxylic acids is 2. The molecule has 0 aliphatic rings. The second-order valence-electron chi connectivity index (χ2n) is 6.59. The molecule has 0 aliphatic carbocycles. The first kappa shape index (κ1) is 23.2. The maximum absolute atomic E-state index is 12.5. The fourth-order valence-corrected chi connectivity index (χ4v) is 2.99. The molecule has 0 radical (unpaired) electrons. The van der Waals surface area contributed by atoms with Crippen LogP contribution in [-0.4, -0.2) is 35.1 Å². The third-order valence-electron chi connectivity index (χ3n) is 4.39. The van der Waals surface area contributed by atoms with E-state index in [9.17, 15) is 19.2 Å². The van der Waals surface area contributed by atoms with E-state index in [1.165, 1.54) is 11.6 Å². The molecule has 2 aromatic rings. The van der Waals surface area contributed by atoms with E-state index in [1.807, 2.05) is 6.92 Å². The molecule has 1 heterocycles. The Morgan fingerprint density at radius 2 is 1.90 bits per heavy atom. The van der Waals surface area contributed by atoms with E-state index >= 15 is 0 Å². The fourth-order valence-electron chi connectivity index (χ4n) is 2.72. The molecule has 10 nitrogen and oxygen atoms in total. The van der Waals surface area contributed by atoms with Crippen molar-refractivity contribution in [3.63, 3.8) is 0 Å². The van der Waals surface area contributed by atoms with Crippen molar-refractivity contribution < 1.29 is 9.59 Å². The number of nitrogens with one attached hydrogen (secondary N) is 3. The predicted octanol–water partition coefficient (Wildman–Crippen LogP) is 1.86. The summed E-state index contributed by atoms with van der Waals surface area (Å²) in [5.41, 5.74) is 5.18.